The molecule has 0 aliphatic heterocycles. The Bertz CT molecular complexity index is 1300. The second kappa shape index (κ2) is 11.2. The zero-order chi connectivity index (χ0) is 25.4. The van der Waals surface area contributed by atoms with Gasteiger partial charge in [-0.25, -0.2) is 0 Å². The molecule has 3 aromatic rings. The van der Waals surface area contributed by atoms with E-state index in [1.165, 1.54) is 24.3 Å². The molecule has 0 unspecified atom stereocenters. The van der Waals surface area contributed by atoms with Gasteiger partial charge in [0.05, 0.1) is 5.56 Å². The lowest BCUT2D eigenvalue weighted by molar-refractivity contribution is -0.137. The van der Waals surface area contributed by atoms with Crippen LogP contribution in [0.5, 0.6) is 5.75 Å². The number of nitrogens with zero attached hydrogens (tertiary/aromatic N) is 1. The standard InChI is InChI=1S/C25H17ClF3N3O3/c26-19-4-2-6-21(13-19)31-23(33)15-35-22-9-7-16(8-10-22)11-17(14-30)24(34)32-20-5-1-3-18(12-20)25(27,28)29/h1-13H,15H2,(H,31,33)(H,32,34)/b17-11+. The fourth-order valence-electron chi connectivity index (χ4n) is 2.86. The maximum Gasteiger partial charge on any atom is 0.416 e. The Balaban J connectivity index is 1.60. The van der Waals surface area contributed by atoms with Gasteiger partial charge in [-0.05, 0) is 60.2 Å². The van der Waals surface area contributed by atoms with E-state index in [0.29, 0.717) is 22.0 Å². The van der Waals surface area contributed by atoms with Gasteiger partial charge in [0.2, 0.25) is 0 Å². The van der Waals surface area contributed by atoms with Crippen molar-refractivity contribution in [3.63, 3.8) is 0 Å². The molecule has 3 rings (SSSR count). The van der Waals surface area contributed by atoms with Crippen molar-refractivity contribution in [3.05, 3.63) is 94.5 Å². The number of rotatable bonds is 7. The molecule has 35 heavy (non-hydrogen) atoms. The highest BCUT2D eigenvalue weighted by Crippen LogP contribution is 2.30. The minimum absolute atomic E-state index is 0.0919. The van der Waals surface area contributed by atoms with Gasteiger partial charge in [-0.2, -0.15) is 18.4 Å². The molecule has 0 aliphatic carbocycles. The van der Waals surface area contributed by atoms with E-state index in [0.717, 1.165) is 18.2 Å². The lowest BCUT2D eigenvalue weighted by Crippen LogP contribution is -2.20. The summed E-state index contributed by atoms with van der Waals surface area (Å²) in [6.07, 6.45) is -3.28. The number of benzene rings is 3. The molecule has 0 bridgehead atoms. The van der Waals surface area contributed by atoms with E-state index in [1.54, 1.807) is 42.5 Å². The maximum atomic E-state index is 12.8. The first-order valence-corrected chi connectivity index (χ1v) is 10.4. The molecule has 0 aromatic heterocycles. The molecule has 0 saturated heterocycles. The summed E-state index contributed by atoms with van der Waals surface area (Å²) in [5.41, 5.74) is -0.326. The maximum absolute atomic E-state index is 12.8. The summed E-state index contributed by atoms with van der Waals surface area (Å²) in [5, 5.41) is 14.7. The van der Waals surface area contributed by atoms with E-state index < -0.39 is 23.6 Å². The fraction of sp³-hybridized carbons (Fsp3) is 0.0800. The average Bonchev–Trinajstić information content (AvgIpc) is 2.81. The van der Waals surface area contributed by atoms with Gasteiger partial charge in [0, 0.05) is 16.4 Å². The quantitative estimate of drug-likeness (QED) is 0.312. The fourth-order valence-corrected chi connectivity index (χ4v) is 3.05. The van der Waals surface area contributed by atoms with Crippen LogP contribution in [-0.2, 0) is 15.8 Å². The highest BCUT2D eigenvalue weighted by atomic mass is 35.5. The number of alkyl halides is 3. The molecule has 0 heterocycles. The zero-order valence-electron chi connectivity index (χ0n) is 17.9. The number of carbonyl (C=O) groups excluding carboxylic acids is 2. The van der Waals surface area contributed by atoms with Gasteiger partial charge in [-0.1, -0.05) is 35.9 Å². The second-order valence-electron chi connectivity index (χ2n) is 7.12. The summed E-state index contributed by atoms with van der Waals surface area (Å²) in [6.45, 7) is -0.259. The van der Waals surface area contributed by atoms with Crippen LogP contribution < -0.4 is 15.4 Å². The van der Waals surface area contributed by atoms with Crippen LogP contribution in [0.2, 0.25) is 5.02 Å². The predicted octanol–water partition coefficient (Wildman–Crippen LogP) is 5.92. The first kappa shape index (κ1) is 25.3. The molecule has 0 saturated carbocycles. The lowest BCUT2D eigenvalue weighted by atomic mass is 10.1. The molecule has 6 nitrogen and oxygen atoms in total. The Labute approximate surface area is 203 Å². The van der Waals surface area contributed by atoms with Crippen molar-refractivity contribution in [2.75, 3.05) is 17.2 Å². The van der Waals surface area contributed by atoms with Crippen LogP contribution in [-0.4, -0.2) is 18.4 Å². The SMILES string of the molecule is N#C/C(=C\c1ccc(OCC(=O)Nc2cccc(Cl)c2)cc1)C(=O)Nc1cccc(C(F)(F)F)c1. The Kier molecular flexibility index (Phi) is 8.12. The predicted molar refractivity (Wildman–Crippen MR) is 126 cm³/mol. The van der Waals surface area contributed by atoms with Crippen LogP contribution in [0.3, 0.4) is 0 Å². The molecule has 3 aromatic carbocycles. The summed E-state index contributed by atoms with van der Waals surface area (Å²) in [6, 6.07) is 18.7. The minimum atomic E-state index is -4.56. The van der Waals surface area contributed by atoms with Crippen molar-refractivity contribution in [2.45, 2.75) is 6.18 Å². The summed E-state index contributed by atoms with van der Waals surface area (Å²) < 4.78 is 44.0. The number of nitrogens with one attached hydrogen (secondary N) is 2. The third-order valence-electron chi connectivity index (χ3n) is 4.48. The summed E-state index contributed by atoms with van der Waals surface area (Å²) in [5.74, 6) is -0.880. The van der Waals surface area contributed by atoms with E-state index in [-0.39, 0.29) is 17.9 Å². The van der Waals surface area contributed by atoms with Crippen LogP contribution in [0.25, 0.3) is 6.08 Å². The van der Waals surface area contributed by atoms with Gasteiger partial charge in [0.15, 0.2) is 6.61 Å². The number of amides is 2. The molecular formula is C25H17ClF3N3O3. The number of hydrogen-bond acceptors (Lipinski definition) is 4. The van der Waals surface area contributed by atoms with E-state index in [4.69, 9.17) is 16.3 Å². The Morgan fingerprint density at radius 2 is 1.63 bits per heavy atom. The van der Waals surface area contributed by atoms with E-state index in [9.17, 15) is 28.0 Å². The Hall–Kier alpha value is -4.29. The first-order valence-electron chi connectivity index (χ1n) is 10.0. The van der Waals surface area contributed by atoms with Crippen molar-refractivity contribution in [3.8, 4) is 11.8 Å². The second-order valence-corrected chi connectivity index (χ2v) is 7.56. The normalized spacial score (nSPS) is 11.3. The summed E-state index contributed by atoms with van der Waals surface area (Å²) in [4.78, 5) is 24.4. The Morgan fingerprint density at radius 1 is 0.971 bits per heavy atom. The largest absolute Gasteiger partial charge is 0.484 e. The van der Waals surface area contributed by atoms with Gasteiger partial charge in [-0.3, -0.25) is 9.59 Å². The van der Waals surface area contributed by atoms with Crippen molar-refractivity contribution < 1.29 is 27.5 Å². The van der Waals surface area contributed by atoms with Crippen molar-refractivity contribution >= 4 is 40.9 Å². The van der Waals surface area contributed by atoms with Crippen molar-refractivity contribution in [1.82, 2.24) is 0 Å². The minimum Gasteiger partial charge on any atom is -0.484 e. The molecule has 10 heteroatoms. The first-order chi connectivity index (χ1) is 16.6. The van der Waals surface area contributed by atoms with Gasteiger partial charge in [-0.15, -0.1) is 0 Å². The van der Waals surface area contributed by atoms with Gasteiger partial charge < -0.3 is 15.4 Å². The molecule has 178 valence electrons. The zero-order valence-corrected chi connectivity index (χ0v) is 18.7. The molecule has 0 radical (unpaired) electrons. The van der Waals surface area contributed by atoms with Gasteiger partial charge in [0.25, 0.3) is 11.8 Å². The highest BCUT2D eigenvalue weighted by Gasteiger charge is 2.30. The topological polar surface area (TPSA) is 91.2 Å². The van der Waals surface area contributed by atoms with E-state index >= 15 is 0 Å². The van der Waals surface area contributed by atoms with E-state index in [1.807, 2.05) is 0 Å². The number of carbonyl (C=O) groups is 2. The van der Waals surface area contributed by atoms with Crippen LogP contribution in [0, 0.1) is 11.3 Å². The lowest BCUT2D eigenvalue weighted by Gasteiger charge is -2.10. The van der Waals surface area contributed by atoms with Crippen LogP contribution in [0.15, 0.2) is 78.4 Å². The monoisotopic (exact) mass is 499 g/mol. The number of ether oxygens (including phenoxy) is 1. The molecule has 0 atom stereocenters. The Morgan fingerprint density at radius 3 is 2.26 bits per heavy atom. The molecule has 0 fully saturated rings. The smallest absolute Gasteiger partial charge is 0.416 e. The number of anilines is 2. The third kappa shape index (κ3) is 7.62. The number of nitriles is 1. The molecule has 2 N–H and O–H groups in total. The van der Waals surface area contributed by atoms with Crippen LogP contribution in [0.4, 0.5) is 24.5 Å². The van der Waals surface area contributed by atoms with Gasteiger partial charge in [0.1, 0.15) is 17.4 Å². The van der Waals surface area contributed by atoms with Crippen LogP contribution in [0.1, 0.15) is 11.1 Å². The van der Waals surface area contributed by atoms with E-state index in [2.05, 4.69) is 10.6 Å². The average molecular weight is 500 g/mol. The molecule has 0 spiro atoms. The highest BCUT2D eigenvalue weighted by molar-refractivity contribution is 6.30. The van der Waals surface area contributed by atoms with Crippen molar-refractivity contribution in [2.24, 2.45) is 0 Å². The van der Waals surface area contributed by atoms with Crippen molar-refractivity contribution in [1.29, 1.82) is 5.26 Å². The molecule has 0 aliphatic rings. The molecular weight excluding hydrogens is 483 g/mol. The third-order valence-corrected chi connectivity index (χ3v) is 4.72. The number of hydrogen-bond donors (Lipinski definition) is 2. The summed E-state index contributed by atoms with van der Waals surface area (Å²) >= 11 is 5.87. The van der Waals surface area contributed by atoms with Gasteiger partial charge >= 0.3 is 6.18 Å². The number of halogens is 4. The van der Waals surface area contributed by atoms with Crippen LogP contribution >= 0.6 is 11.6 Å². The summed E-state index contributed by atoms with van der Waals surface area (Å²) in [7, 11) is 0. The molecule has 2 amide bonds.